The predicted molar refractivity (Wildman–Crippen MR) is 96.7 cm³/mol. The molecule has 0 saturated heterocycles. The summed E-state index contributed by atoms with van der Waals surface area (Å²) < 4.78 is 0. The van der Waals surface area contributed by atoms with Crippen LogP contribution in [0.3, 0.4) is 0 Å². The highest BCUT2D eigenvalue weighted by Crippen LogP contribution is 2.29. The summed E-state index contributed by atoms with van der Waals surface area (Å²) in [6.07, 6.45) is 0. The predicted octanol–water partition coefficient (Wildman–Crippen LogP) is 3.15. The molecule has 0 spiro atoms. The van der Waals surface area contributed by atoms with Gasteiger partial charge in [-0.25, -0.2) is 0 Å². The van der Waals surface area contributed by atoms with Gasteiger partial charge in [0.15, 0.2) is 0 Å². The number of hydrogen-bond acceptors (Lipinski definition) is 3. The summed E-state index contributed by atoms with van der Waals surface area (Å²) in [7, 11) is 0. The summed E-state index contributed by atoms with van der Waals surface area (Å²) in [6, 6.07) is 15.8. The van der Waals surface area contributed by atoms with Crippen molar-refractivity contribution in [1.29, 1.82) is 0 Å². The van der Waals surface area contributed by atoms with Crippen LogP contribution in [0.15, 0.2) is 48.5 Å². The fourth-order valence-corrected chi connectivity index (χ4v) is 2.38. The third kappa shape index (κ3) is 5.17. The molecule has 2 aromatic carbocycles. The number of aryl methyl sites for hydroxylation is 2. The van der Waals surface area contributed by atoms with Gasteiger partial charge in [0.1, 0.15) is 5.60 Å². The average molecular weight is 315 g/mol. The molecule has 2 rings (SSSR count). The Hall–Kier alpha value is -1.68. The molecule has 3 nitrogen and oxygen atoms in total. The van der Waals surface area contributed by atoms with Crippen LogP contribution in [-0.2, 0) is 5.60 Å². The molecule has 0 radical (unpaired) electrons. The number of aliphatic hydroxyl groups excluding tert-OH is 1. The molecule has 3 N–H and O–H groups in total. The molecule has 0 unspecified atom stereocenters. The summed E-state index contributed by atoms with van der Waals surface area (Å²) >= 11 is 0. The molecule has 0 saturated carbocycles. The lowest BCUT2D eigenvalue weighted by Gasteiger charge is -2.30. The van der Waals surface area contributed by atoms with E-state index in [4.69, 9.17) is 5.11 Å². The van der Waals surface area contributed by atoms with Crippen LogP contribution in [-0.4, -0.2) is 29.9 Å². The Bertz CT molecular complexity index is 516. The zero-order valence-corrected chi connectivity index (χ0v) is 14.6. The highest BCUT2D eigenvalue weighted by Gasteiger charge is 2.30. The average Bonchev–Trinajstić information content (AvgIpc) is 2.58. The molecule has 0 atom stereocenters. The van der Waals surface area contributed by atoms with Crippen molar-refractivity contribution in [3.8, 4) is 0 Å². The summed E-state index contributed by atoms with van der Waals surface area (Å²) in [4.78, 5) is 0. The third-order valence-corrected chi connectivity index (χ3v) is 3.73. The van der Waals surface area contributed by atoms with Crippen LogP contribution in [0.4, 0.5) is 0 Å². The molecule has 0 bridgehead atoms. The van der Waals surface area contributed by atoms with Crippen LogP contribution in [0, 0.1) is 13.8 Å². The van der Waals surface area contributed by atoms with Gasteiger partial charge in [-0.2, -0.15) is 0 Å². The number of nitrogens with one attached hydrogen (secondary N) is 1. The van der Waals surface area contributed by atoms with Crippen molar-refractivity contribution in [2.45, 2.75) is 33.3 Å². The van der Waals surface area contributed by atoms with Gasteiger partial charge < -0.3 is 15.5 Å². The highest BCUT2D eigenvalue weighted by atomic mass is 16.3. The van der Waals surface area contributed by atoms with Crippen LogP contribution >= 0.6 is 0 Å². The minimum absolute atomic E-state index is 0.0534. The molecule has 0 aromatic heterocycles. The number of hydrogen-bond donors (Lipinski definition) is 3. The van der Waals surface area contributed by atoms with Crippen molar-refractivity contribution in [3.05, 3.63) is 70.8 Å². The molecule has 0 fully saturated rings. The Morgan fingerprint density at radius 2 is 1.22 bits per heavy atom. The fraction of sp³-hybridized carbons (Fsp3) is 0.400. The maximum atomic E-state index is 11.2. The molecule has 2 aromatic rings. The molecule has 0 aliphatic heterocycles. The summed E-state index contributed by atoms with van der Waals surface area (Å²) in [5.74, 6) is 0. The highest BCUT2D eigenvalue weighted by molar-refractivity contribution is 5.38. The topological polar surface area (TPSA) is 52.5 Å². The second-order valence-corrected chi connectivity index (χ2v) is 5.49. The maximum absolute atomic E-state index is 11.2. The van der Waals surface area contributed by atoms with Crippen LogP contribution < -0.4 is 5.32 Å². The molecule has 0 heterocycles. The van der Waals surface area contributed by atoms with Crippen molar-refractivity contribution >= 4 is 0 Å². The van der Waals surface area contributed by atoms with Crippen LogP contribution in [0.2, 0.25) is 0 Å². The maximum Gasteiger partial charge on any atom is 0.127 e. The first-order valence-electron chi connectivity index (χ1n) is 8.24. The van der Waals surface area contributed by atoms with Gasteiger partial charge in [0, 0.05) is 13.1 Å². The van der Waals surface area contributed by atoms with E-state index in [1.165, 1.54) is 0 Å². The second kappa shape index (κ2) is 9.46. The van der Waals surface area contributed by atoms with Crippen molar-refractivity contribution in [3.63, 3.8) is 0 Å². The van der Waals surface area contributed by atoms with Gasteiger partial charge >= 0.3 is 0 Å². The fourth-order valence-electron chi connectivity index (χ4n) is 2.38. The van der Waals surface area contributed by atoms with E-state index in [0.29, 0.717) is 13.1 Å². The lowest BCUT2D eigenvalue weighted by Crippen LogP contribution is -2.40. The molecule has 0 aliphatic rings. The summed E-state index contributed by atoms with van der Waals surface area (Å²) in [5, 5.41) is 23.3. The summed E-state index contributed by atoms with van der Waals surface area (Å²) in [6.45, 7) is 8.93. The standard InChI is InChI=1S/C18H23NO2.C2H6/c1-14-3-7-16(8-4-14)18(21,13-19-11-12-20)17-9-5-15(2)6-10-17;1-2/h3-10,19-21H,11-13H2,1-2H3;1-2H3. The Labute approximate surface area is 140 Å². The number of aliphatic hydroxyl groups is 2. The van der Waals surface area contributed by atoms with Crippen molar-refractivity contribution in [2.75, 3.05) is 19.7 Å². The van der Waals surface area contributed by atoms with E-state index in [1.54, 1.807) is 0 Å². The minimum atomic E-state index is -1.10. The first kappa shape index (κ1) is 19.4. The first-order valence-corrected chi connectivity index (χ1v) is 8.24. The van der Waals surface area contributed by atoms with E-state index < -0.39 is 5.60 Å². The molecule has 0 aliphatic carbocycles. The Balaban J connectivity index is 0.00000127. The van der Waals surface area contributed by atoms with Crippen molar-refractivity contribution in [2.24, 2.45) is 0 Å². The van der Waals surface area contributed by atoms with Gasteiger partial charge in [-0.15, -0.1) is 0 Å². The van der Waals surface area contributed by atoms with Crippen molar-refractivity contribution in [1.82, 2.24) is 5.32 Å². The van der Waals surface area contributed by atoms with Crippen molar-refractivity contribution < 1.29 is 10.2 Å². The van der Waals surface area contributed by atoms with Gasteiger partial charge in [-0.05, 0) is 25.0 Å². The largest absolute Gasteiger partial charge is 0.395 e. The van der Waals surface area contributed by atoms with Gasteiger partial charge in [-0.1, -0.05) is 73.5 Å². The SMILES string of the molecule is CC.Cc1ccc(C(O)(CNCCO)c2ccc(C)cc2)cc1. The smallest absolute Gasteiger partial charge is 0.127 e. The van der Waals surface area contributed by atoms with Crippen LogP contribution in [0.25, 0.3) is 0 Å². The van der Waals surface area contributed by atoms with E-state index in [9.17, 15) is 5.11 Å². The Morgan fingerprint density at radius 1 is 0.826 bits per heavy atom. The van der Waals surface area contributed by atoms with Crippen LogP contribution in [0.5, 0.6) is 0 Å². The molecule has 23 heavy (non-hydrogen) atoms. The third-order valence-electron chi connectivity index (χ3n) is 3.73. The monoisotopic (exact) mass is 315 g/mol. The van der Waals surface area contributed by atoms with Gasteiger partial charge in [0.2, 0.25) is 0 Å². The Kier molecular flexibility index (Phi) is 7.96. The lowest BCUT2D eigenvalue weighted by atomic mass is 9.85. The zero-order chi connectivity index (χ0) is 17.3. The minimum Gasteiger partial charge on any atom is -0.395 e. The number of benzene rings is 2. The molecule has 0 amide bonds. The van der Waals surface area contributed by atoms with E-state index in [2.05, 4.69) is 5.32 Å². The van der Waals surface area contributed by atoms with E-state index in [0.717, 1.165) is 22.3 Å². The zero-order valence-electron chi connectivity index (χ0n) is 14.6. The quantitative estimate of drug-likeness (QED) is 0.718. The molecule has 3 heteroatoms. The molecule has 126 valence electrons. The second-order valence-electron chi connectivity index (χ2n) is 5.49. The molecular formula is C20H29NO2. The number of rotatable bonds is 6. The van der Waals surface area contributed by atoms with Gasteiger partial charge in [-0.3, -0.25) is 0 Å². The van der Waals surface area contributed by atoms with E-state index in [-0.39, 0.29) is 6.61 Å². The van der Waals surface area contributed by atoms with Gasteiger partial charge in [0.05, 0.1) is 6.61 Å². The first-order chi connectivity index (χ1) is 11.1. The normalized spacial score (nSPS) is 10.9. The van der Waals surface area contributed by atoms with Crippen LogP contribution in [0.1, 0.15) is 36.1 Å². The summed E-state index contributed by atoms with van der Waals surface area (Å²) in [5.41, 5.74) is 2.92. The van der Waals surface area contributed by atoms with E-state index >= 15 is 0 Å². The Morgan fingerprint density at radius 3 is 1.57 bits per heavy atom. The lowest BCUT2D eigenvalue weighted by molar-refractivity contribution is 0.0786. The van der Waals surface area contributed by atoms with Gasteiger partial charge in [0.25, 0.3) is 0 Å². The van der Waals surface area contributed by atoms with E-state index in [1.807, 2.05) is 76.2 Å². The molecular weight excluding hydrogens is 286 g/mol.